The fourth-order valence-electron chi connectivity index (χ4n) is 8.05. The first-order valence-electron chi connectivity index (χ1n) is 18.5. The van der Waals surface area contributed by atoms with E-state index in [0.717, 1.165) is 88.8 Å². The van der Waals surface area contributed by atoms with Crippen LogP contribution >= 0.6 is 0 Å². The van der Waals surface area contributed by atoms with Gasteiger partial charge in [-0.25, -0.2) is 19.9 Å². The molecule has 5 heteroatoms. The van der Waals surface area contributed by atoms with Gasteiger partial charge in [0.05, 0.1) is 28.1 Å². The van der Waals surface area contributed by atoms with Gasteiger partial charge in [0.2, 0.25) is 0 Å². The zero-order valence-corrected chi connectivity index (χ0v) is 29.6. The third-order valence-electron chi connectivity index (χ3n) is 10.6. The third-order valence-corrected chi connectivity index (χ3v) is 10.6. The minimum atomic E-state index is 0.690. The summed E-state index contributed by atoms with van der Waals surface area (Å²) in [7, 11) is 0. The van der Waals surface area contributed by atoms with Gasteiger partial charge in [-0.15, -0.1) is 0 Å². The highest BCUT2D eigenvalue weighted by molar-refractivity contribution is 6.13. The van der Waals surface area contributed by atoms with Gasteiger partial charge in [0, 0.05) is 39.4 Å². The maximum Gasteiger partial charge on any atom is 0.161 e. The lowest BCUT2D eigenvalue weighted by Crippen LogP contribution is -2.01. The minimum absolute atomic E-state index is 0.690. The Bertz CT molecular complexity index is 3180. The van der Waals surface area contributed by atoms with E-state index < -0.39 is 0 Å². The van der Waals surface area contributed by atoms with Gasteiger partial charge in [-0.2, -0.15) is 0 Å². The molecule has 0 saturated heterocycles. The molecule has 0 aliphatic rings. The lowest BCUT2D eigenvalue weighted by atomic mass is 9.92. The van der Waals surface area contributed by atoms with E-state index in [1.807, 2.05) is 42.5 Å². The second-order valence-corrected chi connectivity index (χ2v) is 13.8. The first kappa shape index (κ1) is 31.1. The van der Waals surface area contributed by atoms with Crippen LogP contribution in [0.1, 0.15) is 0 Å². The van der Waals surface area contributed by atoms with Gasteiger partial charge >= 0.3 is 0 Å². The lowest BCUT2D eigenvalue weighted by molar-refractivity contribution is 1.19. The van der Waals surface area contributed by atoms with Crippen LogP contribution in [0.15, 0.2) is 188 Å². The molecule has 256 valence electrons. The summed E-state index contributed by atoms with van der Waals surface area (Å²) in [6, 6.07) is 63.3. The number of hydrogen-bond donors (Lipinski definition) is 0. The second kappa shape index (κ2) is 12.6. The number of nitrogens with zero attached hydrogens (tertiary/aromatic N) is 5. The van der Waals surface area contributed by atoms with Crippen molar-refractivity contribution in [3.8, 4) is 56.3 Å². The molecule has 0 aliphatic carbocycles. The van der Waals surface area contributed by atoms with Gasteiger partial charge in [0.15, 0.2) is 5.82 Å². The third kappa shape index (κ3) is 5.09. The van der Waals surface area contributed by atoms with Crippen molar-refractivity contribution in [2.24, 2.45) is 0 Å². The molecule has 5 nitrogen and oxygen atoms in total. The van der Waals surface area contributed by atoms with E-state index in [1.165, 1.54) is 10.8 Å². The van der Waals surface area contributed by atoms with E-state index >= 15 is 0 Å². The average molecular weight is 702 g/mol. The molecule has 0 unspecified atom stereocenters. The van der Waals surface area contributed by atoms with Crippen LogP contribution in [0.3, 0.4) is 0 Å². The number of hydrogen-bond acceptors (Lipinski definition) is 4. The maximum atomic E-state index is 5.48. The summed E-state index contributed by atoms with van der Waals surface area (Å²) in [5.74, 6) is 0.690. The molecule has 0 bridgehead atoms. The Morgan fingerprint density at radius 2 is 0.945 bits per heavy atom. The lowest BCUT2D eigenvalue weighted by Gasteiger charge is -2.18. The van der Waals surface area contributed by atoms with Crippen molar-refractivity contribution in [1.29, 1.82) is 0 Å². The average Bonchev–Trinajstić information content (AvgIpc) is 3.66. The second-order valence-electron chi connectivity index (χ2n) is 13.8. The molecule has 4 aromatic heterocycles. The molecule has 4 heterocycles. The van der Waals surface area contributed by atoms with E-state index in [0.29, 0.717) is 5.82 Å². The summed E-state index contributed by atoms with van der Waals surface area (Å²) in [5, 5.41) is 5.72. The van der Waals surface area contributed by atoms with Crippen LogP contribution in [0.4, 0.5) is 0 Å². The predicted molar refractivity (Wildman–Crippen MR) is 226 cm³/mol. The smallest absolute Gasteiger partial charge is 0.161 e. The van der Waals surface area contributed by atoms with Crippen molar-refractivity contribution in [2.75, 3.05) is 0 Å². The Kier molecular flexibility index (Phi) is 7.10. The highest BCUT2D eigenvalue weighted by Gasteiger charge is 2.22. The Morgan fingerprint density at radius 3 is 1.67 bits per heavy atom. The first-order valence-corrected chi connectivity index (χ1v) is 18.5. The van der Waals surface area contributed by atoms with Crippen molar-refractivity contribution in [3.63, 3.8) is 0 Å². The van der Waals surface area contributed by atoms with Gasteiger partial charge < -0.3 is 0 Å². The van der Waals surface area contributed by atoms with Crippen LogP contribution in [0.5, 0.6) is 0 Å². The largest absolute Gasteiger partial charge is 0.298 e. The summed E-state index contributed by atoms with van der Waals surface area (Å²) in [4.78, 5) is 21.3. The van der Waals surface area contributed by atoms with Crippen molar-refractivity contribution in [1.82, 2.24) is 24.3 Å². The van der Waals surface area contributed by atoms with Crippen LogP contribution in [-0.2, 0) is 0 Å². The van der Waals surface area contributed by atoms with Crippen LogP contribution in [-0.4, -0.2) is 24.3 Å². The molecular weight excluding hydrogens is 671 g/mol. The summed E-state index contributed by atoms with van der Waals surface area (Å²) in [5.41, 5.74) is 12.4. The topological polar surface area (TPSA) is 56.0 Å². The van der Waals surface area contributed by atoms with Gasteiger partial charge in [0.1, 0.15) is 11.2 Å². The molecule has 0 aliphatic heterocycles. The van der Waals surface area contributed by atoms with Gasteiger partial charge in [0.25, 0.3) is 0 Å². The fraction of sp³-hybridized carbons (Fsp3) is 0. The summed E-state index contributed by atoms with van der Waals surface area (Å²) < 4.78 is 2.14. The first-order chi connectivity index (χ1) is 27.3. The standard InChI is InChI=1S/C50H31N5/c1-3-15-33(16-4-1)45-44(32-26-28-35(29-27-32)47-49-48(40-23-11-12-24-42(40)51-47)52-43-25-13-14-30-55(43)49)46(34-17-5-2-6-18-34)54-50(53-45)41-31-36-19-7-8-20-37(36)38-21-9-10-22-39(38)41/h1-31H. The van der Waals surface area contributed by atoms with Gasteiger partial charge in [-0.05, 0) is 51.4 Å². The number of imidazole rings is 1. The van der Waals surface area contributed by atoms with E-state index in [9.17, 15) is 0 Å². The van der Waals surface area contributed by atoms with Crippen LogP contribution in [0.2, 0.25) is 0 Å². The molecule has 55 heavy (non-hydrogen) atoms. The molecule has 7 aromatic carbocycles. The summed E-state index contributed by atoms with van der Waals surface area (Å²) in [6.45, 7) is 0. The maximum absolute atomic E-state index is 5.48. The molecule has 0 spiro atoms. The number of fused-ring (bicyclic) bond motifs is 8. The molecule has 0 fully saturated rings. The SMILES string of the molecule is c1ccc(-c2nc(-c3cc4ccccc4c4ccccc34)nc(-c3ccccc3)c2-c2ccc(-c3nc4ccccc4c4nc5ccccn5c34)cc2)cc1. The molecular formula is C50H31N5. The Hall–Kier alpha value is -7.50. The quantitative estimate of drug-likeness (QED) is 0.168. The Labute approximate surface area is 316 Å². The van der Waals surface area contributed by atoms with E-state index in [2.05, 4.69) is 150 Å². The van der Waals surface area contributed by atoms with E-state index in [1.54, 1.807) is 0 Å². The number of benzene rings is 7. The van der Waals surface area contributed by atoms with Crippen LogP contribution < -0.4 is 0 Å². The fourth-order valence-corrected chi connectivity index (χ4v) is 8.05. The van der Waals surface area contributed by atoms with Gasteiger partial charge in [-0.1, -0.05) is 158 Å². The molecule has 0 atom stereocenters. The number of para-hydroxylation sites is 1. The number of aromatic nitrogens is 5. The van der Waals surface area contributed by atoms with Crippen molar-refractivity contribution >= 4 is 49.1 Å². The molecule has 0 radical (unpaired) electrons. The zero-order chi connectivity index (χ0) is 36.3. The highest BCUT2D eigenvalue weighted by Crippen LogP contribution is 2.42. The summed E-state index contributed by atoms with van der Waals surface area (Å²) in [6.07, 6.45) is 2.06. The van der Waals surface area contributed by atoms with Crippen molar-refractivity contribution < 1.29 is 0 Å². The van der Waals surface area contributed by atoms with E-state index in [4.69, 9.17) is 19.9 Å². The Balaban J connectivity index is 1.16. The minimum Gasteiger partial charge on any atom is -0.298 e. The van der Waals surface area contributed by atoms with E-state index in [-0.39, 0.29) is 0 Å². The predicted octanol–water partition coefficient (Wildman–Crippen LogP) is 12.5. The monoisotopic (exact) mass is 701 g/mol. The normalized spacial score (nSPS) is 11.6. The van der Waals surface area contributed by atoms with Crippen molar-refractivity contribution in [3.05, 3.63) is 188 Å². The van der Waals surface area contributed by atoms with Crippen LogP contribution in [0.25, 0.3) is 105 Å². The van der Waals surface area contributed by atoms with Crippen molar-refractivity contribution in [2.45, 2.75) is 0 Å². The number of rotatable bonds is 5. The molecule has 0 saturated carbocycles. The molecule has 11 rings (SSSR count). The number of pyridine rings is 2. The summed E-state index contributed by atoms with van der Waals surface area (Å²) >= 11 is 0. The zero-order valence-electron chi connectivity index (χ0n) is 29.6. The molecule has 11 aromatic rings. The van der Waals surface area contributed by atoms with Crippen LogP contribution in [0, 0.1) is 0 Å². The van der Waals surface area contributed by atoms with Gasteiger partial charge in [-0.3, -0.25) is 4.40 Å². The Morgan fingerprint density at radius 1 is 0.382 bits per heavy atom. The molecule has 0 amide bonds. The molecule has 0 N–H and O–H groups in total. The highest BCUT2D eigenvalue weighted by atomic mass is 15.0.